The van der Waals surface area contributed by atoms with Gasteiger partial charge in [-0.05, 0) is 88.6 Å². The average Bonchev–Trinajstić information content (AvgIpc) is 2.96. The Hall–Kier alpha value is -5.00. The first-order valence-corrected chi connectivity index (χ1v) is 14.3. The van der Waals surface area contributed by atoms with Crippen LogP contribution in [0.15, 0.2) is 84.9 Å². The molecule has 0 aliphatic carbocycles. The largest absolute Gasteiger partial charge is 0.507 e. The highest BCUT2D eigenvalue weighted by Crippen LogP contribution is 2.36. The number of carbonyl (C=O) groups is 2. The molecule has 1 aliphatic rings. The highest BCUT2D eigenvalue weighted by Gasteiger charge is 2.38. The molecule has 0 unspecified atom stereocenters. The molecule has 4 N–H and O–H groups in total. The molecule has 43 heavy (non-hydrogen) atoms. The summed E-state index contributed by atoms with van der Waals surface area (Å²) in [4.78, 5) is 31.2. The van der Waals surface area contributed by atoms with Gasteiger partial charge >= 0.3 is 0 Å². The standard InChI is InChI=1S/C35H35N5O3/c1-34(2)19-25(20-35(3,4)40-34)37-33(43)24-14-10-13-23(17-24)27-18-29(26-15-8-9-16-30(26)41)38-31(28(27)21-36)39-32(42)22-11-6-5-7-12-22/h5-18,25,40-41H,19-20H2,1-4H3,(H,37,43)(H,38,39,42). The van der Waals surface area contributed by atoms with Crippen molar-refractivity contribution in [1.29, 1.82) is 5.26 Å². The van der Waals surface area contributed by atoms with Gasteiger partial charge < -0.3 is 21.1 Å². The average molecular weight is 574 g/mol. The maximum absolute atomic E-state index is 13.5. The van der Waals surface area contributed by atoms with Crippen LogP contribution in [0.1, 0.15) is 66.8 Å². The number of nitrogens with zero attached hydrogens (tertiary/aromatic N) is 2. The molecule has 1 saturated heterocycles. The van der Waals surface area contributed by atoms with E-state index in [1.54, 1.807) is 78.9 Å². The zero-order valence-corrected chi connectivity index (χ0v) is 24.7. The highest BCUT2D eigenvalue weighted by atomic mass is 16.3. The maximum Gasteiger partial charge on any atom is 0.256 e. The van der Waals surface area contributed by atoms with E-state index in [-0.39, 0.29) is 40.2 Å². The van der Waals surface area contributed by atoms with Crippen molar-refractivity contribution in [3.63, 3.8) is 0 Å². The van der Waals surface area contributed by atoms with Crippen molar-refractivity contribution in [2.45, 2.75) is 57.7 Å². The van der Waals surface area contributed by atoms with Crippen LogP contribution in [0, 0.1) is 11.3 Å². The number of hydrogen-bond donors (Lipinski definition) is 4. The molecule has 8 nitrogen and oxygen atoms in total. The van der Waals surface area contributed by atoms with Crippen LogP contribution in [0.25, 0.3) is 22.4 Å². The van der Waals surface area contributed by atoms with Gasteiger partial charge in [0.1, 0.15) is 17.4 Å². The summed E-state index contributed by atoms with van der Waals surface area (Å²) < 4.78 is 0. The SMILES string of the molecule is CC1(C)CC(NC(=O)c2cccc(-c3cc(-c4ccccc4O)nc(NC(=O)c4ccccc4)c3C#N)c2)CC(C)(C)N1. The van der Waals surface area contributed by atoms with Gasteiger partial charge in [0.05, 0.1) is 5.69 Å². The number of benzene rings is 3. The molecule has 1 aliphatic heterocycles. The van der Waals surface area contributed by atoms with Crippen molar-refractivity contribution in [2.75, 3.05) is 5.32 Å². The number of aromatic nitrogens is 1. The number of nitrogens with one attached hydrogen (secondary N) is 3. The Morgan fingerprint density at radius 2 is 1.51 bits per heavy atom. The Bertz CT molecular complexity index is 1710. The van der Waals surface area contributed by atoms with E-state index in [1.807, 2.05) is 6.07 Å². The molecule has 0 saturated carbocycles. The number of aromatic hydroxyl groups is 1. The number of para-hydroxylation sites is 1. The molecular formula is C35H35N5O3. The molecule has 8 heteroatoms. The van der Waals surface area contributed by atoms with E-state index in [1.165, 1.54) is 0 Å². The number of phenols is 1. The first-order chi connectivity index (χ1) is 20.4. The fraction of sp³-hybridized carbons (Fsp3) is 0.257. The lowest BCUT2D eigenvalue weighted by Gasteiger charge is -2.46. The lowest BCUT2D eigenvalue weighted by Crippen LogP contribution is -2.62. The third-order valence-electron chi connectivity index (χ3n) is 7.54. The summed E-state index contributed by atoms with van der Waals surface area (Å²) >= 11 is 0. The molecule has 2 heterocycles. The monoisotopic (exact) mass is 573 g/mol. The summed E-state index contributed by atoms with van der Waals surface area (Å²) in [6.07, 6.45) is 1.58. The topological polar surface area (TPSA) is 127 Å². The minimum Gasteiger partial charge on any atom is -0.507 e. The Labute approximate surface area is 251 Å². The van der Waals surface area contributed by atoms with Crippen LogP contribution in [0.2, 0.25) is 0 Å². The zero-order valence-electron chi connectivity index (χ0n) is 24.7. The van der Waals surface area contributed by atoms with Gasteiger partial charge in [-0.15, -0.1) is 0 Å². The van der Waals surface area contributed by atoms with Crippen molar-refractivity contribution in [1.82, 2.24) is 15.6 Å². The predicted molar refractivity (Wildman–Crippen MR) is 168 cm³/mol. The van der Waals surface area contributed by atoms with Gasteiger partial charge in [0.25, 0.3) is 11.8 Å². The number of pyridine rings is 1. The lowest BCUT2D eigenvalue weighted by molar-refractivity contribution is 0.0872. The van der Waals surface area contributed by atoms with Crippen LogP contribution in [-0.2, 0) is 0 Å². The molecule has 1 fully saturated rings. The summed E-state index contributed by atoms with van der Waals surface area (Å²) in [5.41, 5.74) is 2.63. The van der Waals surface area contributed by atoms with E-state index >= 15 is 0 Å². The highest BCUT2D eigenvalue weighted by molar-refractivity contribution is 6.05. The van der Waals surface area contributed by atoms with Crippen LogP contribution >= 0.6 is 0 Å². The van der Waals surface area contributed by atoms with Crippen LogP contribution < -0.4 is 16.0 Å². The van der Waals surface area contributed by atoms with Gasteiger partial charge in [0.15, 0.2) is 5.82 Å². The van der Waals surface area contributed by atoms with Crippen molar-refractivity contribution in [3.05, 3.63) is 102 Å². The second kappa shape index (κ2) is 11.7. The lowest BCUT2D eigenvalue weighted by atomic mass is 9.79. The molecule has 0 radical (unpaired) electrons. The normalized spacial score (nSPS) is 15.7. The van der Waals surface area contributed by atoms with Gasteiger partial charge in [-0.3, -0.25) is 9.59 Å². The molecule has 1 aromatic heterocycles. The van der Waals surface area contributed by atoms with Crippen LogP contribution in [-0.4, -0.2) is 39.0 Å². The van der Waals surface area contributed by atoms with E-state index in [9.17, 15) is 20.0 Å². The molecular weight excluding hydrogens is 538 g/mol. The number of rotatable bonds is 6. The smallest absolute Gasteiger partial charge is 0.256 e. The zero-order chi connectivity index (χ0) is 30.8. The van der Waals surface area contributed by atoms with Crippen molar-refractivity contribution < 1.29 is 14.7 Å². The van der Waals surface area contributed by atoms with Gasteiger partial charge in [0, 0.05) is 39.4 Å². The number of piperidine rings is 1. The number of amides is 2. The summed E-state index contributed by atoms with van der Waals surface area (Å²) in [7, 11) is 0. The van der Waals surface area contributed by atoms with Crippen LogP contribution in [0.4, 0.5) is 5.82 Å². The molecule has 0 atom stereocenters. The maximum atomic E-state index is 13.5. The van der Waals surface area contributed by atoms with E-state index in [0.717, 1.165) is 12.8 Å². The van der Waals surface area contributed by atoms with Crippen molar-refractivity contribution in [2.24, 2.45) is 0 Å². The van der Waals surface area contributed by atoms with Crippen LogP contribution in [0.3, 0.4) is 0 Å². The third kappa shape index (κ3) is 6.74. The van der Waals surface area contributed by atoms with Gasteiger partial charge in [-0.25, -0.2) is 4.98 Å². The predicted octanol–water partition coefficient (Wildman–Crippen LogP) is 6.28. The number of anilines is 1. The van der Waals surface area contributed by atoms with Crippen molar-refractivity contribution >= 4 is 17.6 Å². The molecule has 3 aromatic carbocycles. The molecule has 0 spiro atoms. The molecule has 0 bridgehead atoms. The fourth-order valence-electron chi connectivity index (χ4n) is 6.09. The van der Waals surface area contributed by atoms with E-state index in [4.69, 9.17) is 0 Å². The second-order valence-electron chi connectivity index (χ2n) is 12.3. The number of phenolic OH excluding ortho intramolecular Hbond substituents is 1. The molecule has 2 amide bonds. The van der Waals surface area contributed by atoms with E-state index < -0.39 is 5.91 Å². The molecule has 5 rings (SSSR count). The second-order valence-corrected chi connectivity index (χ2v) is 12.3. The Morgan fingerprint density at radius 1 is 0.860 bits per heavy atom. The van der Waals surface area contributed by atoms with Gasteiger partial charge in [-0.1, -0.05) is 42.5 Å². The van der Waals surface area contributed by atoms with E-state index in [0.29, 0.717) is 33.5 Å². The fourth-order valence-corrected chi connectivity index (χ4v) is 6.09. The Balaban J connectivity index is 1.54. The summed E-state index contributed by atoms with van der Waals surface area (Å²) in [5, 5.41) is 30.5. The van der Waals surface area contributed by atoms with Gasteiger partial charge in [0.2, 0.25) is 0 Å². The number of hydrogen-bond acceptors (Lipinski definition) is 6. The summed E-state index contributed by atoms with van der Waals surface area (Å²) in [5.74, 6) is -0.564. The first-order valence-electron chi connectivity index (χ1n) is 14.3. The van der Waals surface area contributed by atoms with Crippen LogP contribution in [0.5, 0.6) is 5.75 Å². The summed E-state index contributed by atoms with van der Waals surface area (Å²) in [6, 6.07) is 26.3. The quantitative estimate of drug-likeness (QED) is 0.215. The van der Waals surface area contributed by atoms with E-state index in [2.05, 4.69) is 54.7 Å². The number of nitriles is 1. The minimum atomic E-state index is -0.425. The third-order valence-corrected chi connectivity index (χ3v) is 7.54. The minimum absolute atomic E-state index is 0.00643. The first kappa shape index (κ1) is 29.5. The van der Waals surface area contributed by atoms with Crippen molar-refractivity contribution in [3.8, 4) is 34.2 Å². The number of carbonyl (C=O) groups excluding carboxylic acids is 2. The molecule has 218 valence electrons. The molecule has 4 aromatic rings. The Kier molecular flexibility index (Phi) is 8.03. The summed E-state index contributed by atoms with van der Waals surface area (Å²) in [6.45, 7) is 8.54. The Morgan fingerprint density at radius 3 is 2.19 bits per heavy atom. The van der Waals surface area contributed by atoms with Gasteiger partial charge in [-0.2, -0.15) is 5.26 Å².